The Balaban J connectivity index is 1.53. The number of nitrogens with one attached hydrogen (secondary N) is 1. The number of aryl methyl sites for hydroxylation is 1. The van der Waals surface area contributed by atoms with Gasteiger partial charge in [-0.25, -0.2) is 4.79 Å². The molecule has 0 spiro atoms. The maximum atomic E-state index is 12.8. The molecule has 2 heterocycles. The maximum Gasteiger partial charge on any atom is 0.420 e. The minimum Gasteiger partial charge on any atom is -0.408 e. The largest absolute Gasteiger partial charge is 0.420 e. The fourth-order valence-electron chi connectivity index (χ4n) is 3.74. The van der Waals surface area contributed by atoms with E-state index in [0.717, 1.165) is 25.2 Å². The predicted molar refractivity (Wildman–Crippen MR) is 118 cm³/mol. The van der Waals surface area contributed by atoms with Crippen LogP contribution in [0.3, 0.4) is 0 Å². The van der Waals surface area contributed by atoms with Crippen LogP contribution in [0.1, 0.15) is 22.8 Å². The van der Waals surface area contributed by atoms with Crippen molar-refractivity contribution in [2.24, 2.45) is 0 Å². The molecule has 1 aromatic heterocycles. The molecule has 0 unspecified atom stereocenters. The number of rotatable bonds is 5. The first-order chi connectivity index (χ1) is 14.9. The first kappa shape index (κ1) is 20.9. The summed E-state index contributed by atoms with van der Waals surface area (Å²) < 4.78 is 6.58. The van der Waals surface area contributed by atoms with Crippen molar-refractivity contribution in [3.05, 3.63) is 64.1 Å². The van der Waals surface area contributed by atoms with Gasteiger partial charge in [0.2, 0.25) is 5.91 Å². The molecule has 2 aromatic carbocycles. The second-order valence-electron chi connectivity index (χ2n) is 7.77. The summed E-state index contributed by atoms with van der Waals surface area (Å²) in [6.45, 7) is 7.86. The zero-order valence-electron chi connectivity index (χ0n) is 17.8. The molecule has 1 fully saturated rings. The van der Waals surface area contributed by atoms with E-state index in [1.165, 1.54) is 4.57 Å². The number of carbonyl (C=O) groups excluding carboxylic acids is 2. The van der Waals surface area contributed by atoms with Gasteiger partial charge in [-0.2, -0.15) is 0 Å². The molecule has 8 nitrogen and oxygen atoms in total. The highest BCUT2D eigenvalue weighted by molar-refractivity contribution is 6.05. The van der Waals surface area contributed by atoms with Gasteiger partial charge >= 0.3 is 5.76 Å². The standard InChI is InChI=1S/C23H26N4O4/c1-3-25-10-12-26(13-11-25)21(28)15-27-19-14-17(6-9-20(19)31-23(27)30)22(29)24-18-7-4-16(2)5-8-18/h4-9,14H,3,10-13,15H2,1-2H3,(H,24,29). The number of nitrogens with zero attached hydrogens (tertiary/aromatic N) is 3. The van der Waals surface area contributed by atoms with E-state index in [0.29, 0.717) is 35.4 Å². The van der Waals surface area contributed by atoms with Crippen LogP contribution in [-0.4, -0.2) is 58.9 Å². The summed E-state index contributed by atoms with van der Waals surface area (Å²) in [7, 11) is 0. The number of likely N-dealkylation sites (N-methyl/N-ethyl adjacent to an activating group) is 1. The van der Waals surface area contributed by atoms with E-state index in [-0.39, 0.29) is 18.4 Å². The SMILES string of the molecule is CCN1CCN(C(=O)Cn2c(=O)oc3ccc(C(=O)Nc4ccc(C)cc4)cc32)CC1. The summed E-state index contributed by atoms with van der Waals surface area (Å²) in [5, 5.41) is 2.84. The van der Waals surface area contributed by atoms with Gasteiger partial charge in [0.25, 0.3) is 5.91 Å². The lowest BCUT2D eigenvalue weighted by Crippen LogP contribution is -2.49. The van der Waals surface area contributed by atoms with E-state index in [1.54, 1.807) is 23.1 Å². The van der Waals surface area contributed by atoms with Crippen molar-refractivity contribution in [2.75, 3.05) is 38.0 Å². The number of fused-ring (bicyclic) bond motifs is 1. The number of aromatic nitrogens is 1. The summed E-state index contributed by atoms with van der Waals surface area (Å²) in [6, 6.07) is 12.3. The van der Waals surface area contributed by atoms with Gasteiger partial charge in [-0.15, -0.1) is 0 Å². The van der Waals surface area contributed by atoms with Crippen molar-refractivity contribution in [1.29, 1.82) is 0 Å². The predicted octanol–water partition coefficient (Wildman–Crippen LogP) is 2.32. The van der Waals surface area contributed by atoms with Crippen molar-refractivity contribution < 1.29 is 14.0 Å². The van der Waals surface area contributed by atoms with Crippen LogP contribution in [-0.2, 0) is 11.3 Å². The molecule has 1 aliphatic rings. The Hall–Kier alpha value is -3.39. The normalized spacial score (nSPS) is 14.7. The number of anilines is 1. The van der Waals surface area contributed by atoms with Crippen LogP contribution in [0.5, 0.6) is 0 Å². The lowest BCUT2D eigenvalue weighted by atomic mass is 10.1. The van der Waals surface area contributed by atoms with Gasteiger partial charge in [0.05, 0.1) is 5.52 Å². The van der Waals surface area contributed by atoms with E-state index >= 15 is 0 Å². The monoisotopic (exact) mass is 422 g/mol. The summed E-state index contributed by atoms with van der Waals surface area (Å²) in [5.74, 6) is -1.03. The Morgan fingerprint density at radius 2 is 1.74 bits per heavy atom. The summed E-state index contributed by atoms with van der Waals surface area (Å²) >= 11 is 0. The molecule has 31 heavy (non-hydrogen) atoms. The van der Waals surface area contributed by atoms with Gasteiger partial charge in [-0.3, -0.25) is 14.2 Å². The van der Waals surface area contributed by atoms with Crippen molar-refractivity contribution >= 4 is 28.6 Å². The lowest BCUT2D eigenvalue weighted by molar-refractivity contribution is -0.133. The van der Waals surface area contributed by atoms with Gasteiger partial charge < -0.3 is 19.5 Å². The van der Waals surface area contributed by atoms with Crippen LogP contribution < -0.4 is 11.1 Å². The van der Waals surface area contributed by atoms with Crippen molar-refractivity contribution in [2.45, 2.75) is 20.4 Å². The van der Waals surface area contributed by atoms with E-state index < -0.39 is 5.76 Å². The van der Waals surface area contributed by atoms with Gasteiger partial charge in [0.15, 0.2) is 5.58 Å². The molecule has 8 heteroatoms. The molecule has 0 bridgehead atoms. The van der Waals surface area contributed by atoms with Crippen LogP contribution in [0.2, 0.25) is 0 Å². The van der Waals surface area contributed by atoms with Crippen LogP contribution in [0.15, 0.2) is 51.7 Å². The second-order valence-corrected chi connectivity index (χ2v) is 7.77. The average Bonchev–Trinajstić information content (AvgIpc) is 3.09. The van der Waals surface area contributed by atoms with Crippen LogP contribution in [0.4, 0.5) is 5.69 Å². The highest BCUT2D eigenvalue weighted by Crippen LogP contribution is 2.18. The van der Waals surface area contributed by atoms with Gasteiger partial charge in [-0.1, -0.05) is 24.6 Å². The van der Waals surface area contributed by atoms with Crippen LogP contribution in [0.25, 0.3) is 11.1 Å². The minimum absolute atomic E-state index is 0.110. The zero-order valence-corrected chi connectivity index (χ0v) is 17.8. The van der Waals surface area contributed by atoms with Gasteiger partial charge in [0, 0.05) is 37.4 Å². The fraction of sp³-hybridized carbons (Fsp3) is 0.348. The molecule has 2 amide bonds. The van der Waals surface area contributed by atoms with E-state index in [4.69, 9.17) is 4.42 Å². The molecule has 4 rings (SSSR count). The molecule has 1 saturated heterocycles. The average molecular weight is 422 g/mol. The molecule has 1 aliphatic heterocycles. The first-order valence-corrected chi connectivity index (χ1v) is 10.5. The highest BCUT2D eigenvalue weighted by atomic mass is 16.4. The Morgan fingerprint density at radius 1 is 1.03 bits per heavy atom. The number of benzene rings is 2. The third kappa shape index (κ3) is 4.54. The van der Waals surface area contributed by atoms with Crippen molar-refractivity contribution in [3.63, 3.8) is 0 Å². The topological polar surface area (TPSA) is 87.8 Å². The molecule has 0 aliphatic carbocycles. The summed E-state index contributed by atoms with van der Waals surface area (Å²) in [6.07, 6.45) is 0. The summed E-state index contributed by atoms with van der Waals surface area (Å²) in [5.41, 5.74) is 2.94. The molecule has 0 saturated carbocycles. The molecule has 0 radical (unpaired) electrons. The fourth-order valence-corrected chi connectivity index (χ4v) is 3.74. The van der Waals surface area contributed by atoms with E-state index in [9.17, 15) is 14.4 Å². The first-order valence-electron chi connectivity index (χ1n) is 10.5. The number of hydrogen-bond acceptors (Lipinski definition) is 5. The van der Waals surface area contributed by atoms with E-state index in [2.05, 4.69) is 17.1 Å². The minimum atomic E-state index is -0.605. The number of hydrogen-bond donors (Lipinski definition) is 1. The lowest BCUT2D eigenvalue weighted by Gasteiger charge is -2.34. The Morgan fingerprint density at radius 3 is 2.42 bits per heavy atom. The highest BCUT2D eigenvalue weighted by Gasteiger charge is 2.22. The Bertz CT molecular complexity index is 1150. The number of amides is 2. The van der Waals surface area contributed by atoms with Gasteiger partial charge in [-0.05, 0) is 43.8 Å². The molecule has 3 aromatic rings. The van der Waals surface area contributed by atoms with Crippen molar-refractivity contribution in [1.82, 2.24) is 14.4 Å². The van der Waals surface area contributed by atoms with Crippen LogP contribution in [0, 0.1) is 6.92 Å². The molecular weight excluding hydrogens is 396 g/mol. The number of carbonyl (C=O) groups is 2. The molecule has 1 N–H and O–H groups in total. The Labute approximate surface area is 180 Å². The van der Waals surface area contributed by atoms with E-state index in [1.807, 2.05) is 31.2 Å². The third-order valence-electron chi connectivity index (χ3n) is 5.70. The third-order valence-corrected chi connectivity index (χ3v) is 5.70. The van der Waals surface area contributed by atoms with Gasteiger partial charge in [0.1, 0.15) is 6.54 Å². The second kappa shape index (κ2) is 8.77. The maximum absolute atomic E-state index is 12.8. The number of piperazine rings is 1. The quantitative estimate of drug-likeness (QED) is 0.682. The Kier molecular flexibility index (Phi) is 5.90. The van der Waals surface area contributed by atoms with Crippen LogP contribution >= 0.6 is 0 Å². The molecular formula is C23H26N4O4. The smallest absolute Gasteiger partial charge is 0.408 e. The number of oxazole rings is 1. The molecule has 162 valence electrons. The molecule has 0 atom stereocenters. The summed E-state index contributed by atoms with van der Waals surface area (Å²) in [4.78, 5) is 41.9. The zero-order chi connectivity index (χ0) is 22.0. The van der Waals surface area contributed by atoms with Crippen molar-refractivity contribution in [3.8, 4) is 0 Å².